The Bertz CT molecular complexity index is 1020. The number of carbonyl (C=O) groups excluding carboxylic acids is 1. The largest absolute Gasteiger partial charge is 0.369 e. The molecule has 0 bridgehead atoms. The van der Waals surface area contributed by atoms with Gasteiger partial charge >= 0.3 is 0 Å². The Balaban J connectivity index is 1.62. The third-order valence-corrected chi connectivity index (χ3v) is 7.37. The van der Waals surface area contributed by atoms with Crippen LogP contribution in [0.25, 0.3) is 0 Å². The van der Waals surface area contributed by atoms with Gasteiger partial charge in [-0.05, 0) is 61.5 Å². The molecule has 1 N–H and O–H groups in total. The van der Waals surface area contributed by atoms with E-state index in [-0.39, 0.29) is 11.4 Å². The number of nitrogens with one attached hydrogen (secondary N) is 1. The van der Waals surface area contributed by atoms with Crippen LogP contribution in [0.3, 0.4) is 0 Å². The van der Waals surface area contributed by atoms with E-state index >= 15 is 0 Å². The van der Waals surface area contributed by atoms with Crippen LogP contribution in [-0.4, -0.2) is 69.8 Å². The summed E-state index contributed by atoms with van der Waals surface area (Å²) in [6.07, 6.45) is 0. The number of sulfonamides is 1. The Morgan fingerprint density at radius 2 is 1.74 bits per heavy atom. The molecule has 2 aromatic carbocycles. The average molecular weight is 449 g/mol. The summed E-state index contributed by atoms with van der Waals surface area (Å²) in [5.41, 5.74) is 2.67. The molecule has 1 aliphatic rings. The number of piperazine rings is 1. The molecule has 0 spiro atoms. The Morgan fingerprint density at radius 1 is 1.10 bits per heavy atom. The van der Waals surface area contributed by atoms with Gasteiger partial charge in [0.25, 0.3) is 0 Å². The Hall–Kier alpha value is -2.49. The summed E-state index contributed by atoms with van der Waals surface area (Å²) in [6.45, 7) is 8.78. The van der Waals surface area contributed by atoms with Gasteiger partial charge in [-0.3, -0.25) is 4.79 Å². The Kier molecular flexibility index (Phi) is 7.30. The normalized spacial score (nSPS) is 15.3. The number of amides is 1. The van der Waals surface area contributed by atoms with Crippen molar-refractivity contribution in [2.24, 2.45) is 0 Å². The molecule has 9 heteroatoms. The summed E-state index contributed by atoms with van der Waals surface area (Å²) in [7, 11) is -2.56. The average Bonchev–Trinajstić information content (AvgIpc) is 2.75. The molecule has 3 rings (SSSR count). The molecule has 1 aliphatic heterocycles. The summed E-state index contributed by atoms with van der Waals surface area (Å²) in [6, 6.07) is 10.4. The van der Waals surface area contributed by atoms with Crippen LogP contribution in [0.1, 0.15) is 12.5 Å². The molecule has 1 saturated heterocycles. The highest BCUT2D eigenvalue weighted by Gasteiger charge is 2.23. The molecule has 1 amide bonds. The van der Waals surface area contributed by atoms with Crippen molar-refractivity contribution in [1.29, 1.82) is 0 Å². The van der Waals surface area contributed by atoms with E-state index in [9.17, 15) is 17.6 Å². The minimum absolute atomic E-state index is 0.0621. The predicted octanol–water partition coefficient (Wildman–Crippen LogP) is 2.54. The van der Waals surface area contributed by atoms with Crippen molar-refractivity contribution in [3.05, 3.63) is 53.8 Å². The van der Waals surface area contributed by atoms with E-state index in [0.29, 0.717) is 5.69 Å². The van der Waals surface area contributed by atoms with Crippen molar-refractivity contribution in [1.82, 2.24) is 9.21 Å². The summed E-state index contributed by atoms with van der Waals surface area (Å²) < 4.78 is 39.2. The Labute approximate surface area is 183 Å². The summed E-state index contributed by atoms with van der Waals surface area (Å²) >= 11 is 0. The zero-order valence-corrected chi connectivity index (χ0v) is 19.0. The molecule has 0 atom stereocenters. The maximum atomic E-state index is 13.1. The first kappa shape index (κ1) is 23.2. The second kappa shape index (κ2) is 9.76. The smallest absolute Gasteiger partial charge is 0.243 e. The number of likely N-dealkylation sites (N-methyl/N-ethyl adjacent to an activating group) is 2. The lowest BCUT2D eigenvalue weighted by atomic mass is 10.1. The Morgan fingerprint density at radius 3 is 2.32 bits per heavy atom. The van der Waals surface area contributed by atoms with Crippen molar-refractivity contribution in [3.63, 3.8) is 0 Å². The van der Waals surface area contributed by atoms with E-state index in [4.69, 9.17) is 0 Å². The number of rotatable bonds is 7. The predicted molar refractivity (Wildman–Crippen MR) is 120 cm³/mol. The monoisotopic (exact) mass is 448 g/mol. The number of benzene rings is 2. The van der Waals surface area contributed by atoms with Gasteiger partial charge in [-0.2, -0.15) is 4.31 Å². The fraction of sp³-hybridized carbons (Fsp3) is 0.409. The van der Waals surface area contributed by atoms with E-state index in [1.165, 1.54) is 19.2 Å². The highest BCUT2D eigenvalue weighted by atomic mass is 32.2. The number of hydrogen-bond acceptors (Lipinski definition) is 5. The third-order valence-electron chi connectivity index (χ3n) is 5.56. The molecule has 1 fully saturated rings. The highest BCUT2D eigenvalue weighted by Crippen LogP contribution is 2.24. The van der Waals surface area contributed by atoms with Crippen molar-refractivity contribution in [3.8, 4) is 0 Å². The second-order valence-corrected chi connectivity index (χ2v) is 9.73. The van der Waals surface area contributed by atoms with Gasteiger partial charge in [0.1, 0.15) is 5.82 Å². The van der Waals surface area contributed by atoms with Crippen LogP contribution in [0.15, 0.2) is 47.4 Å². The van der Waals surface area contributed by atoms with Crippen LogP contribution in [0.4, 0.5) is 15.8 Å². The number of carbonyl (C=O) groups is 1. The van der Waals surface area contributed by atoms with Gasteiger partial charge in [0.15, 0.2) is 0 Å². The molecule has 0 aliphatic carbocycles. The van der Waals surface area contributed by atoms with Crippen LogP contribution < -0.4 is 10.2 Å². The lowest BCUT2D eigenvalue weighted by molar-refractivity contribution is -0.116. The standard InChI is InChI=1S/C22H29FN4O3S/c1-4-26-11-13-27(14-12-26)19-7-10-21(17(2)15-19)24-22(28)16-25(3)31(29,30)20-8-5-18(23)6-9-20/h5-10,15H,4,11-14,16H2,1-3H3,(H,24,28). The van der Waals surface area contributed by atoms with Crippen molar-refractivity contribution in [2.45, 2.75) is 18.7 Å². The lowest BCUT2D eigenvalue weighted by Gasteiger charge is -2.35. The van der Waals surface area contributed by atoms with Crippen LogP contribution in [0, 0.1) is 12.7 Å². The summed E-state index contributed by atoms with van der Waals surface area (Å²) in [5.74, 6) is -0.967. The first-order valence-electron chi connectivity index (χ1n) is 10.3. The molecule has 0 saturated carbocycles. The van der Waals surface area contributed by atoms with Crippen molar-refractivity contribution >= 4 is 27.3 Å². The van der Waals surface area contributed by atoms with Gasteiger partial charge < -0.3 is 15.1 Å². The summed E-state index contributed by atoms with van der Waals surface area (Å²) in [5, 5.41) is 2.79. The highest BCUT2D eigenvalue weighted by molar-refractivity contribution is 7.89. The number of anilines is 2. The minimum atomic E-state index is -3.89. The fourth-order valence-electron chi connectivity index (χ4n) is 3.57. The molecule has 2 aromatic rings. The zero-order valence-electron chi connectivity index (χ0n) is 18.1. The van der Waals surface area contributed by atoms with Crippen LogP contribution in [0.2, 0.25) is 0 Å². The minimum Gasteiger partial charge on any atom is -0.369 e. The third kappa shape index (κ3) is 5.61. The molecule has 31 heavy (non-hydrogen) atoms. The first-order chi connectivity index (χ1) is 14.7. The summed E-state index contributed by atoms with van der Waals surface area (Å²) in [4.78, 5) is 17.1. The van der Waals surface area contributed by atoms with E-state index in [1.807, 2.05) is 25.1 Å². The zero-order chi connectivity index (χ0) is 22.6. The van der Waals surface area contributed by atoms with Crippen LogP contribution in [0.5, 0.6) is 0 Å². The molecular formula is C22H29FN4O3S. The van der Waals surface area contributed by atoms with Gasteiger partial charge in [0.2, 0.25) is 15.9 Å². The van der Waals surface area contributed by atoms with Crippen LogP contribution >= 0.6 is 0 Å². The van der Waals surface area contributed by atoms with Gasteiger partial charge in [-0.15, -0.1) is 0 Å². The van der Waals surface area contributed by atoms with Gasteiger partial charge in [-0.1, -0.05) is 6.92 Å². The molecule has 168 valence electrons. The van der Waals surface area contributed by atoms with E-state index < -0.39 is 21.7 Å². The second-order valence-electron chi connectivity index (χ2n) is 7.68. The molecule has 0 unspecified atom stereocenters. The molecule has 0 aromatic heterocycles. The SMILES string of the molecule is CCN1CCN(c2ccc(NC(=O)CN(C)S(=O)(=O)c3ccc(F)cc3)c(C)c2)CC1. The van der Waals surface area contributed by atoms with Crippen molar-refractivity contribution < 1.29 is 17.6 Å². The molecule has 7 nitrogen and oxygen atoms in total. The van der Waals surface area contributed by atoms with Crippen LogP contribution in [-0.2, 0) is 14.8 Å². The van der Waals surface area contributed by atoms with E-state index in [0.717, 1.165) is 60.4 Å². The number of hydrogen-bond donors (Lipinski definition) is 1. The quantitative estimate of drug-likeness (QED) is 0.705. The first-order valence-corrected chi connectivity index (χ1v) is 11.7. The number of aryl methyl sites for hydroxylation is 1. The molecule has 1 heterocycles. The van der Waals surface area contributed by atoms with Crippen molar-refractivity contribution in [2.75, 3.05) is 56.5 Å². The lowest BCUT2D eigenvalue weighted by Crippen LogP contribution is -2.46. The molecule has 0 radical (unpaired) electrons. The number of nitrogens with zero attached hydrogens (tertiary/aromatic N) is 3. The van der Waals surface area contributed by atoms with E-state index in [2.05, 4.69) is 22.0 Å². The maximum Gasteiger partial charge on any atom is 0.243 e. The molecular weight excluding hydrogens is 419 g/mol. The van der Waals surface area contributed by atoms with E-state index in [1.54, 1.807) is 0 Å². The number of halogens is 1. The van der Waals surface area contributed by atoms with Gasteiger partial charge in [0, 0.05) is 44.6 Å². The van der Waals surface area contributed by atoms with Gasteiger partial charge in [0.05, 0.1) is 11.4 Å². The maximum absolute atomic E-state index is 13.1. The topological polar surface area (TPSA) is 73.0 Å². The van der Waals surface area contributed by atoms with Gasteiger partial charge in [-0.25, -0.2) is 12.8 Å². The fourth-order valence-corrected chi connectivity index (χ4v) is 4.70.